The van der Waals surface area contributed by atoms with Crippen LogP contribution in [0.3, 0.4) is 0 Å². The molecule has 0 saturated carbocycles. The second kappa shape index (κ2) is 10.5. The lowest BCUT2D eigenvalue weighted by Gasteiger charge is -2.38. The molecule has 0 aliphatic carbocycles. The SMILES string of the molecule is C=C(NC)c1ccc(Cn2ccc3c(N4CCN(C(C)C)CC4)ccnc32)cc1.CC. The van der Waals surface area contributed by atoms with E-state index in [-0.39, 0.29) is 0 Å². The van der Waals surface area contributed by atoms with E-state index in [0.717, 1.165) is 49.6 Å². The van der Waals surface area contributed by atoms with Gasteiger partial charge in [0, 0.05) is 75.0 Å². The van der Waals surface area contributed by atoms with Gasteiger partial charge in [0.15, 0.2) is 0 Å². The quantitative estimate of drug-likeness (QED) is 0.621. The van der Waals surface area contributed by atoms with Crippen LogP contribution in [-0.4, -0.2) is 53.7 Å². The highest BCUT2D eigenvalue weighted by atomic mass is 15.3. The number of nitrogens with zero attached hydrogens (tertiary/aromatic N) is 4. The molecule has 1 saturated heterocycles. The number of pyridine rings is 1. The molecule has 3 heterocycles. The van der Waals surface area contributed by atoms with Crippen LogP contribution in [-0.2, 0) is 6.54 Å². The highest BCUT2D eigenvalue weighted by molar-refractivity contribution is 5.90. The molecule has 0 spiro atoms. The van der Waals surface area contributed by atoms with Crippen LogP contribution in [0.2, 0.25) is 0 Å². The average molecular weight is 420 g/mol. The number of hydrogen-bond acceptors (Lipinski definition) is 4. The molecule has 0 bridgehead atoms. The van der Waals surface area contributed by atoms with Crippen molar-refractivity contribution in [2.45, 2.75) is 40.3 Å². The maximum atomic E-state index is 4.70. The van der Waals surface area contributed by atoms with E-state index in [4.69, 9.17) is 4.98 Å². The third-order valence-corrected chi connectivity index (χ3v) is 5.98. The van der Waals surface area contributed by atoms with Crippen molar-refractivity contribution in [2.24, 2.45) is 0 Å². The lowest BCUT2D eigenvalue weighted by molar-refractivity contribution is 0.209. The van der Waals surface area contributed by atoms with Crippen molar-refractivity contribution in [3.8, 4) is 0 Å². The first-order valence-electron chi connectivity index (χ1n) is 11.5. The van der Waals surface area contributed by atoms with Crippen LogP contribution < -0.4 is 10.2 Å². The number of anilines is 1. The van der Waals surface area contributed by atoms with Gasteiger partial charge in [0.25, 0.3) is 0 Å². The van der Waals surface area contributed by atoms with Crippen LogP contribution in [0.25, 0.3) is 16.7 Å². The molecule has 0 amide bonds. The third-order valence-electron chi connectivity index (χ3n) is 5.98. The maximum Gasteiger partial charge on any atom is 0.142 e. The van der Waals surface area contributed by atoms with Crippen LogP contribution >= 0.6 is 0 Å². The van der Waals surface area contributed by atoms with Gasteiger partial charge < -0.3 is 14.8 Å². The van der Waals surface area contributed by atoms with Crippen molar-refractivity contribution < 1.29 is 0 Å². The summed E-state index contributed by atoms with van der Waals surface area (Å²) in [5.41, 5.74) is 5.67. The van der Waals surface area contributed by atoms with Gasteiger partial charge >= 0.3 is 0 Å². The van der Waals surface area contributed by atoms with E-state index in [1.165, 1.54) is 16.6 Å². The Labute approximate surface area is 187 Å². The van der Waals surface area contributed by atoms with E-state index in [1.54, 1.807) is 0 Å². The Balaban J connectivity index is 0.00000132. The summed E-state index contributed by atoms with van der Waals surface area (Å²) in [7, 11) is 1.90. The van der Waals surface area contributed by atoms with E-state index in [9.17, 15) is 0 Å². The molecule has 1 aliphatic heterocycles. The fourth-order valence-electron chi connectivity index (χ4n) is 4.11. The second-order valence-electron chi connectivity index (χ2n) is 8.05. The van der Waals surface area contributed by atoms with E-state index >= 15 is 0 Å². The molecule has 3 aromatic rings. The molecule has 0 radical (unpaired) electrons. The van der Waals surface area contributed by atoms with Crippen molar-refractivity contribution in [3.63, 3.8) is 0 Å². The monoisotopic (exact) mass is 419 g/mol. The first kappa shape index (κ1) is 22.9. The van der Waals surface area contributed by atoms with Crippen LogP contribution in [0.4, 0.5) is 5.69 Å². The summed E-state index contributed by atoms with van der Waals surface area (Å²) in [4.78, 5) is 9.75. The molecule has 166 valence electrons. The fourth-order valence-corrected chi connectivity index (χ4v) is 4.11. The maximum absolute atomic E-state index is 4.70. The summed E-state index contributed by atoms with van der Waals surface area (Å²) in [6, 6.07) is 13.6. The molecule has 2 aromatic heterocycles. The van der Waals surface area contributed by atoms with Crippen molar-refractivity contribution in [1.29, 1.82) is 0 Å². The molecule has 0 unspecified atom stereocenters. The first-order chi connectivity index (χ1) is 15.1. The van der Waals surface area contributed by atoms with Gasteiger partial charge in [0.05, 0.1) is 0 Å². The van der Waals surface area contributed by atoms with Crippen molar-refractivity contribution >= 4 is 22.4 Å². The molecule has 1 aromatic carbocycles. The topological polar surface area (TPSA) is 36.3 Å². The van der Waals surface area contributed by atoms with Gasteiger partial charge in [0.1, 0.15) is 5.65 Å². The number of nitrogens with one attached hydrogen (secondary N) is 1. The molecule has 31 heavy (non-hydrogen) atoms. The van der Waals surface area contributed by atoms with Crippen molar-refractivity contribution in [2.75, 3.05) is 38.1 Å². The summed E-state index contributed by atoms with van der Waals surface area (Å²) >= 11 is 0. The van der Waals surface area contributed by atoms with Gasteiger partial charge in [0.2, 0.25) is 0 Å². The van der Waals surface area contributed by atoms with Gasteiger partial charge in [-0.25, -0.2) is 4.98 Å². The predicted molar refractivity (Wildman–Crippen MR) is 134 cm³/mol. The Morgan fingerprint density at radius 1 is 1.03 bits per heavy atom. The van der Waals surface area contributed by atoms with Gasteiger partial charge in [-0.3, -0.25) is 4.90 Å². The Morgan fingerprint density at radius 2 is 1.71 bits per heavy atom. The second-order valence-corrected chi connectivity index (χ2v) is 8.05. The number of benzene rings is 1. The smallest absolute Gasteiger partial charge is 0.142 e. The van der Waals surface area contributed by atoms with Crippen LogP contribution in [0.5, 0.6) is 0 Å². The van der Waals surface area contributed by atoms with Crippen molar-refractivity contribution in [1.82, 2.24) is 19.8 Å². The van der Waals surface area contributed by atoms with Crippen molar-refractivity contribution in [3.05, 3.63) is 66.5 Å². The molecule has 1 aliphatic rings. The van der Waals surface area contributed by atoms with Gasteiger partial charge in [-0.1, -0.05) is 44.7 Å². The Kier molecular flexibility index (Phi) is 7.75. The summed E-state index contributed by atoms with van der Waals surface area (Å²) in [6.07, 6.45) is 4.11. The standard InChI is InChI=1S/C24H31N5.C2H6/c1-18(2)27-13-15-28(16-14-27)23-9-11-26-24-22(23)10-12-29(24)17-20-5-7-21(8-6-20)19(3)25-4;1-2/h5-12,18,25H,3,13-17H2,1-2,4H3;1-2H3. The number of hydrogen-bond donors (Lipinski definition) is 1. The number of rotatable bonds is 6. The molecule has 0 atom stereocenters. The molecular weight excluding hydrogens is 382 g/mol. The minimum atomic E-state index is 0.618. The van der Waals surface area contributed by atoms with E-state index in [1.807, 2.05) is 27.1 Å². The summed E-state index contributed by atoms with van der Waals surface area (Å²) in [5.74, 6) is 0. The normalized spacial score (nSPS) is 14.5. The van der Waals surface area contributed by atoms with Gasteiger partial charge in [-0.15, -0.1) is 0 Å². The van der Waals surface area contributed by atoms with Gasteiger partial charge in [-0.05, 0) is 37.1 Å². The van der Waals surface area contributed by atoms with E-state index in [0.29, 0.717) is 6.04 Å². The number of aromatic nitrogens is 2. The van der Waals surface area contributed by atoms with Crippen LogP contribution in [0, 0.1) is 0 Å². The Hall–Kier alpha value is -2.79. The number of fused-ring (bicyclic) bond motifs is 1. The minimum Gasteiger partial charge on any atom is -0.388 e. The lowest BCUT2D eigenvalue weighted by atomic mass is 10.1. The van der Waals surface area contributed by atoms with Gasteiger partial charge in [-0.2, -0.15) is 0 Å². The molecule has 1 fully saturated rings. The average Bonchev–Trinajstić information content (AvgIpc) is 3.23. The molecule has 5 nitrogen and oxygen atoms in total. The molecular formula is C26H37N5. The highest BCUT2D eigenvalue weighted by Gasteiger charge is 2.21. The molecule has 5 heteroatoms. The number of piperazine rings is 1. The summed E-state index contributed by atoms with van der Waals surface area (Å²) in [6.45, 7) is 17.8. The third kappa shape index (κ3) is 5.10. The summed E-state index contributed by atoms with van der Waals surface area (Å²) < 4.78 is 2.24. The predicted octanol–water partition coefficient (Wildman–Crippen LogP) is 4.83. The zero-order valence-corrected chi connectivity index (χ0v) is 19.7. The Morgan fingerprint density at radius 3 is 2.32 bits per heavy atom. The first-order valence-corrected chi connectivity index (χ1v) is 11.5. The van der Waals surface area contributed by atoms with Crippen LogP contribution in [0.15, 0.2) is 55.4 Å². The van der Waals surface area contributed by atoms with Crippen LogP contribution in [0.1, 0.15) is 38.8 Å². The van der Waals surface area contributed by atoms with E-state index in [2.05, 4.69) is 82.7 Å². The molecule has 1 N–H and O–H groups in total. The highest BCUT2D eigenvalue weighted by Crippen LogP contribution is 2.28. The minimum absolute atomic E-state index is 0.618. The Bertz CT molecular complexity index is 979. The fraction of sp³-hybridized carbons (Fsp3) is 0.423. The summed E-state index contributed by atoms with van der Waals surface area (Å²) in [5, 5.41) is 4.34. The molecule has 4 rings (SSSR count). The largest absolute Gasteiger partial charge is 0.388 e. The zero-order valence-electron chi connectivity index (χ0n) is 19.7. The lowest BCUT2D eigenvalue weighted by Crippen LogP contribution is -2.48. The zero-order chi connectivity index (χ0) is 22.4. The van der Waals surface area contributed by atoms with E-state index < -0.39 is 0 Å².